The topological polar surface area (TPSA) is 51.0 Å². The zero-order valence-electron chi connectivity index (χ0n) is 12.2. The quantitative estimate of drug-likeness (QED) is 0.735. The first kappa shape index (κ1) is 14.8. The van der Waals surface area contributed by atoms with Gasteiger partial charge in [-0.2, -0.15) is 0 Å². The van der Waals surface area contributed by atoms with Crippen molar-refractivity contribution in [2.45, 2.75) is 44.9 Å². The Kier molecular flexibility index (Phi) is 4.77. The fraction of sp³-hybridized carbons (Fsp3) is 0.500. The second-order valence-electron chi connectivity index (χ2n) is 5.52. The van der Waals surface area contributed by atoms with Gasteiger partial charge in [-0.3, -0.25) is 0 Å². The number of nitrogens with zero attached hydrogens (tertiary/aromatic N) is 2. The van der Waals surface area contributed by atoms with Crippen LogP contribution in [0.15, 0.2) is 23.0 Å². The zero-order valence-corrected chi connectivity index (χ0v) is 14.4. The van der Waals surface area contributed by atoms with Crippen LogP contribution in [0.2, 0.25) is 0 Å². The summed E-state index contributed by atoms with van der Waals surface area (Å²) in [7, 11) is 0. The third kappa shape index (κ3) is 3.22. The molecule has 5 heteroatoms. The molecule has 0 aliphatic heterocycles. The lowest BCUT2D eigenvalue weighted by molar-refractivity contribution is 0.568. The van der Waals surface area contributed by atoms with E-state index in [1.54, 1.807) is 12.5 Å². The van der Waals surface area contributed by atoms with E-state index in [9.17, 15) is 0 Å². The van der Waals surface area contributed by atoms with Gasteiger partial charge in [0.15, 0.2) is 5.82 Å². The maximum absolute atomic E-state index is 5.18. The second-order valence-corrected chi connectivity index (χ2v) is 6.59. The lowest BCUT2D eigenvalue weighted by atomic mass is 10.0. The van der Waals surface area contributed by atoms with Crippen molar-refractivity contribution < 1.29 is 4.42 Å². The largest absolute Gasteiger partial charge is 0.472 e. The van der Waals surface area contributed by atoms with Crippen LogP contribution >= 0.6 is 22.6 Å². The highest BCUT2D eigenvalue weighted by molar-refractivity contribution is 14.1. The van der Waals surface area contributed by atoms with E-state index < -0.39 is 0 Å². The molecule has 0 atom stereocenters. The molecule has 0 aromatic carbocycles. The van der Waals surface area contributed by atoms with Crippen LogP contribution in [0.3, 0.4) is 0 Å². The fourth-order valence-corrected chi connectivity index (χ4v) is 3.69. The number of halogens is 1. The van der Waals surface area contributed by atoms with E-state index in [1.807, 2.05) is 6.07 Å². The average molecular weight is 397 g/mol. The minimum atomic E-state index is 0.577. The molecule has 2 heterocycles. The Morgan fingerprint density at radius 1 is 1.33 bits per heavy atom. The molecule has 2 aromatic rings. The molecule has 0 amide bonds. The lowest BCUT2D eigenvalue weighted by Gasteiger charge is -2.16. The van der Waals surface area contributed by atoms with Gasteiger partial charge in [0.2, 0.25) is 0 Å². The Balaban J connectivity index is 2.02. The Hall–Kier alpha value is -1.11. The van der Waals surface area contributed by atoms with E-state index in [4.69, 9.17) is 14.4 Å². The van der Waals surface area contributed by atoms with Gasteiger partial charge in [0.05, 0.1) is 21.1 Å². The summed E-state index contributed by atoms with van der Waals surface area (Å²) in [5, 5.41) is 3.44. The van der Waals surface area contributed by atoms with Gasteiger partial charge in [-0.15, -0.1) is 0 Å². The minimum absolute atomic E-state index is 0.577. The van der Waals surface area contributed by atoms with Gasteiger partial charge in [-0.05, 0) is 47.9 Å². The van der Waals surface area contributed by atoms with E-state index >= 15 is 0 Å². The number of nitrogens with one attached hydrogen (secondary N) is 1. The summed E-state index contributed by atoms with van der Waals surface area (Å²) in [6, 6.07) is 1.92. The normalized spacial score (nSPS) is 15.5. The van der Waals surface area contributed by atoms with Crippen molar-refractivity contribution in [1.82, 2.24) is 9.97 Å². The Labute approximate surface area is 138 Å². The van der Waals surface area contributed by atoms with Gasteiger partial charge in [0.1, 0.15) is 12.1 Å². The molecule has 0 radical (unpaired) electrons. The first-order valence-corrected chi connectivity index (χ1v) is 8.71. The van der Waals surface area contributed by atoms with E-state index in [2.05, 4.69) is 34.8 Å². The summed E-state index contributed by atoms with van der Waals surface area (Å²) in [5.74, 6) is 2.31. The summed E-state index contributed by atoms with van der Waals surface area (Å²) < 4.78 is 6.36. The van der Waals surface area contributed by atoms with E-state index in [0.29, 0.717) is 5.92 Å². The Morgan fingerprint density at radius 3 is 2.81 bits per heavy atom. The number of aromatic nitrogens is 2. The highest BCUT2D eigenvalue weighted by Gasteiger charge is 2.24. The molecule has 2 aromatic heterocycles. The first-order valence-electron chi connectivity index (χ1n) is 7.63. The standard InChI is InChI=1S/C16H20IN3O/c1-2-8-18-16-13(17)14(11-5-3-4-6-11)19-15(20-16)12-7-9-21-10-12/h7,9-11H,2-6,8H2,1H3,(H,18,19,20). The van der Waals surface area contributed by atoms with Crippen LogP contribution in [0, 0.1) is 3.57 Å². The zero-order chi connectivity index (χ0) is 14.7. The molecule has 4 nitrogen and oxygen atoms in total. The monoisotopic (exact) mass is 397 g/mol. The number of hydrogen-bond donors (Lipinski definition) is 1. The average Bonchev–Trinajstić information content (AvgIpc) is 3.19. The molecule has 1 saturated carbocycles. The molecule has 1 aliphatic rings. The molecule has 3 rings (SSSR count). The number of anilines is 1. The molecule has 21 heavy (non-hydrogen) atoms. The molecule has 0 unspecified atom stereocenters. The number of hydrogen-bond acceptors (Lipinski definition) is 4. The van der Waals surface area contributed by atoms with Crippen molar-refractivity contribution in [2.75, 3.05) is 11.9 Å². The third-order valence-electron chi connectivity index (χ3n) is 3.94. The number of rotatable bonds is 5. The van der Waals surface area contributed by atoms with Gasteiger partial charge < -0.3 is 9.73 Å². The number of furan rings is 1. The van der Waals surface area contributed by atoms with E-state index in [-0.39, 0.29) is 0 Å². The molecule has 1 N–H and O–H groups in total. The predicted molar refractivity (Wildman–Crippen MR) is 92.4 cm³/mol. The summed E-state index contributed by atoms with van der Waals surface area (Å²) >= 11 is 2.39. The fourth-order valence-electron chi connectivity index (χ4n) is 2.82. The smallest absolute Gasteiger partial charge is 0.165 e. The van der Waals surface area contributed by atoms with E-state index in [0.717, 1.165) is 30.2 Å². The molecular weight excluding hydrogens is 377 g/mol. The summed E-state index contributed by atoms with van der Waals surface area (Å²) in [6.45, 7) is 3.10. The van der Waals surface area contributed by atoms with E-state index in [1.165, 1.54) is 34.9 Å². The highest BCUT2D eigenvalue weighted by Crippen LogP contribution is 2.37. The molecule has 0 saturated heterocycles. The minimum Gasteiger partial charge on any atom is -0.472 e. The molecule has 0 bridgehead atoms. The van der Waals surface area contributed by atoms with Crippen LogP contribution in [-0.2, 0) is 0 Å². The van der Waals surface area contributed by atoms with Gasteiger partial charge in [-0.25, -0.2) is 9.97 Å². The van der Waals surface area contributed by atoms with Crippen LogP contribution in [0.1, 0.15) is 50.6 Å². The second kappa shape index (κ2) is 6.77. The Bertz CT molecular complexity index is 592. The highest BCUT2D eigenvalue weighted by atomic mass is 127. The van der Waals surface area contributed by atoms with Crippen LogP contribution in [0.4, 0.5) is 5.82 Å². The van der Waals surface area contributed by atoms with Crippen LogP contribution in [0.25, 0.3) is 11.4 Å². The van der Waals surface area contributed by atoms with Crippen molar-refractivity contribution in [3.05, 3.63) is 27.9 Å². The van der Waals surface area contributed by atoms with Crippen LogP contribution < -0.4 is 5.32 Å². The maximum atomic E-state index is 5.18. The van der Waals surface area contributed by atoms with Crippen molar-refractivity contribution in [1.29, 1.82) is 0 Å². The molecule has 112 valence electrons. The lowest BCUT2D eigenvalue weighted by Crippen LogP contribution is -2.10. The van der Waals surface area contributed by atoms with Gasteiger partial charge in [0.25, 0.3) is 0 Å². The first-order chi connectivity index (χ1) is 10.3. The van der Waals surface area contributed by atoms with Gasteiger partial charge >= 0.3 is 0 Å². The third-order valence-corrected chi connectivity index (χ3v) is 5.00. The molecule has 1 aliphatic carbocycles. The Morgan fingerprint density at radius 2 is 2.14 bits per heavy atom. The molecule has 1 fully saturated rings. The van der Waals surface area contributed by atoms with Gasteiger partial charge in [-0.1, -0.05) is 19.8 Å². The molecular formula is C16H20IN3O. The predicted octanol–water partition coefficient (Wildman–Crippen LogP) is 4.82. The summed E-state index contributed by atoms with van der Waals surface area (Å²) in [6.07, 6.45) is 9.57. The van der Waals surface area contributed by atoms with Crippen molar-refractivity contribution in [2.24, 2.45) is 0 Å². The molecule has 0 spiro atoms. The van der Waals surface area contributed by atoms with Crippen molar-refractivity contribution in [3.8, 4) is 11.4 Å². The maximum Gasteiger partial charge on any atom is 0.165 e. The SMILES string of the molecule is CCCNc1nc(-c2ccoc2)nc(C2CCCC2)c1I. The van der Waals surface area contributed by atoms with Crippen LogP contribution in [-0.4, -0.2) is 16.5 Å². The summed E-state index contributed by atoms with van der Waals surface area (Å²) in [5.41, 5.74) is 2.16. The van der Waals surface area contributed by atoms with Crippen molar-refractivity contribution in [3.63, 3.8) is 0 Å². The summed E-state index contributed by atoms with van der Waals surface area (Å²) in [4.78, 5) is 9.54. The van der Waals surface area contributed by atoms with Crippen molar-refractivity contribution >= 4 is 28.4 Å². The van der Waals surface area contributed by atoms with Crippen LogP contribution in [0.5, 0.6) is 0 Å². The van der Waals surface area contributed by atoms with Gasteiger partial charge in [0, 0.05) is 12.5 Å².